The van der Waals surface area contributed by atoms with E-state index in [0.717, 1.165) is 11.6 Å². The normalized spacial score (nSPS) is 18.3. The number of hydrogen-bond acceptors (Lipinski definition) is 3. The van der Waals surface area contributed by atoms with Crippen molar-refractivity contribution in [2.24, 2.45) is 11.7 Å². The molecule has 4 heteroatoms. The third kappa shape index (κ3) is 3.19. The number of thiocarbonyl (C=S) groups is 1. The summed E-state index contributed by atoms with van der Waals surface area (Å²) in [7, 11) is 0. The minimum atomic E-state index is 0.356. The molecule has 0 radical (unpaired) electrons. The summed E-state index contributed by atoms with van der Waals surface area (Å²) >= 11 is 5.03. The van der Waals surface area contributed by atoms with Crippen LogP contribution in [0.5, 0.6) is 0 Å². The molecule has 1 aliphatic carbocycles. The van der Waals surface area contributed by atoms with E-state index in [-0.39, 0.29) is 0 Å². The molecular weight excluding hydrogens is 242 g/mol. The minimum absolute atomic E-state index is 0.356. The molecule has 2 rings (SSSR count). The summed E-state index contributed by atoms with van der Waals surface area (Å²) in [6, 6.07) is 4.36. The van der Waals surface area contributed by atoms with E-state index >= 15 is 0 Å². The number of rotatable bonds is 4. The van der Waals surface area contributed by atoms with E-state index in [9.17, 15) is 0 Å². The van der Waals surface area contributed by atoms with E-state index in [1.807, 2.05) is 12.1 Å². The average molecular weight is 263 g/mol. The molecular formula is C14H21N3S. The van der Waals surface area contributed by atoms with Crippen LogP contribution in [0.4, 0.5) is 5.69 Å². The standard InChI is InChI=1S/C14H21N3S/c1-10(11-6-3-2-4-7-11)17-12-8-5-9-16-13(12)14(15)18/h5,8-11,17H,2-4,6-7H2,1H3,(H2,15,18). The van der Waals surface area contributed by atoms with Gasteiger partial charge in [-0.2, -0.15) is 0 Å². The molecule has 1 atom stereocenters. The van der Waals surface area contributed by atoms with Crippen LogP contribution in [0.25, 0.3) is 0 Å². The van der Waals surface area contributed by atoms with E-state index in [2.05, 4.69) is 17.2 Å². The van der Waals surface area contributed by atoms with Gasteiger partial charge < -0.3 is 11.1 Å². The van der Waals surface area contributed by atoms with Gasteiger partial charge in [0, 0.05) is 12.2 Å². The Bertz CT molecular complexity index is 413. The zero-order chi connectivity index (χ0) is 13.0. The fourth-order valence-corrected chi connectivity index (χ4v) is 2.88. The third-order valence-corrected chi connectivity index (χ3v) is 3.97. The Labute approximate surface area is 114 Å². The second-order valence-electron chi connectivity index (χ2n) is 5.09. The lowest BCUT2D eigenvalue weighted by Gasteiger charge is -2.29. The molecule has 0 bridgehead atoms. The van der Waals surface area contributed by atoms with Crippen molar-refractivity contribution in [3.05, 3.63) is 24.0 Å². The molecule has 1 aliphatic rings. The molecule has 0 aromatic carbocycles. The van der Waals surface area contributed by atoms with Crippen LogP contribution in [0.15, 0.2) is 18.3 Å². The van der Waals surface area contributed by atoms with Crippen LogP contribution < -0.4 is 11.1 Å². The lowest BCUT2D eigenvalue weighted by molar-refractivity contribution is 0.328. The SMILES string of the molecule is CC(Nc1cccnc1C(N)=S)C1CCCCC1. The zero-order valence-electron chi connectivity index (χ0n) is 10.9. The highest BCUT2D eigenvalue weighted by molar-refractivity contribution is 7.80. The minimum Gasteiger partial charge on any atom is -0.388 e. The van der Waals surface area contributed by atoms with Gasteiger partial charge in [-0.1, -0.05) is 31.5 Å². The van der Waals surface area contributed by atoms with E-state index in [0.29, 0.717) is 16.7 Å². The molecule has 1 aromatic rings. The Morgan fingerprint density at radius 3 is 2.83 bits per heavy atom. The van der Waals surface area contributed by atoms with Crippen LogP contribution in [0.3, 0.4) is 0 Å². The molecule has 1 heterocycles. The number of aromatic nitrogens is 1. The largest absolute Gasteiger partial charge is 0.388 e. The summed E-state index contributed by atoms with van der Waals surface area (Å²) in [4.78, 5) is 4.60. The van der Waals surface area contributed by atoms with Crippen LogP contribution in [0.1, 0.15) is 44.7 Å². The number of nitrogens with zero attached hydrogens (tertiary/aromatic N) is 1. The van der Waals surface area contributed by atoms with Crippen LogP contribution in [0, 0.1) is 5.92 Å². The summed E-state index contributed by atoms with van der Waals surface area (Å²) in [5.74, 6) is 0.748. The summed E-state index contributed by atoms with van der Waals surface area (Å²) in [5, 5.41) is 3.53. The van der Waals surface area contributed by atoms with Gasteiger partial charge in [-0.05, 0) is 37.8 Å². The number of nitrogens with one attached hydrogen (secondary N) is 1. The van der Waals surface area contributed by atoms with Gasteiger partial charge in [-0.25, -0.2) is 0 Å². The van der Waals surface area contributed by atoms with Crippen molar-refractivity contribution < 1.29 is 0 Å². The van der Waals surface area contributed by atoms with Crippen molar-refractivity contribution in [3.63, 3.8) is 0 Å². The summed E-state index contributed by atoms with van der Waals surface area (Å²) in [6.07, 6.45) is 8.45. The first-order valence-electron chi connectivity index (χ1n) is 6.70. The smallest absolute Gasteiger partial charge is 0.124 e. The van der Waals surface area contributed by atoms with Crippen LogP contribution in [0.2, 0.25) is 0 Å². The molecule has 1 fully saturated rings. The van der Waals surface area contributed by atoms with Crippen molar-refractivity contribution in [2.45, 2.75) is 45.1 Å². The van der Waals surface area contributed by atoms with Gasteiger partial charge in [0.25, 0.3) is 0 Å². The van der Waals surface area contributed by atoms with E-state index < -0.39 is 0 Å². The molecule has 18 heavy (non-hydrogen) atoms. The van der Waals surface area contributed by atoms with Gasteiger partial charge in [0.05, 0.1) is 5.69 Å². The number of anilines is 1. The number of hydrogen-bond donors (Lipinski definition) is 2. The maximum absolute atomic E-state index is 5.70. The molecule has 1 unspecified atom stereocenters. The molecule has 3 nitrogen and oxygen atoms in total. The summed E-state index contributed by atoms with van der Waals surface area (Å²) in [6.45, 7) is 2.24. The van der Waals surface area contributed by atoms with Crippen molar-refractivity contribution in [1.82, 2.24) is 4.98 Å². The molecule has 0 aliphatic heterocycles. The van der Waals surface area contributed by atoms with Crippen molar-refractivity contribution in [3.8, 4) is 0 Å². The monoisotopic (exact) mass is 263 g/mol. The maximum Gasteiger partial charge on any atom is 0.124 e. The first kappa shape index (κ1) is 13.3. The quantitative estimate of drug-likeness (QED) is 0.820. The Balaban J connectivity index is 2.06. The van der Waals surface area contributed by atoms with Crippen LogP contribution in [-0.4, -0.2) is 16.0 Å². The second-order valence-corrected chi connectivity index (χ2v) is 5.53. The zero-order valence-corrected chi connectivity index (χ0v) is 11.7. The number of nitrogens with two attached hydrogens (primary N) is 1. The lowest BCUT2D eigenvalue weighted by atomic mass is 9.84. The molecule has 0 amide bonds. The van der Waals surface area contributed by atoms with Crippen molar-refractivity contribution in [2.75, 3.05) is 5.32 Å². The molecule has 1 aromatic heterocycles. The van der Waals surface area contributed by atoms with Gasteiger partial charge >= 0.3 is 0 Å². The molecule has 0 spiro atoms. The van der Waals surface area contributed by atoms with E-state index in [1.165, 1.54) is 32.1 Å². The second kappa shape index (κ2) is 6.14. The fraction of sp³-hybridized carbons (Fsp3) is 0.571. The van der Waals surface area contributed by atoms with Gasteiger partial charge in [0.15, 0.2) is 0 Å². The summed E-state index contributed by atoms with van der Waals surface area (Å²) < 4.78 is 0. The highest BCUT2D eigenvalue weighted by atomic mass is 32.1. The van der Waals surface area contributed by atoms with Gasteiger partial charge in [-0.15, -0.1) is 0 Å². The maximum atomic E-state index is 5.70. The Morgan fingerprint density at radius 1 is 1.44 bits per heavy atom. The Hall–Kier alpha value is -1.16. The van der Waals surface area contributed by atoms with Gasteiger partial charge in [-0.3, -0.25) is 4.98 Å². The predicted molar refractivity (Wildman–Crippen MR) is 79.8 cm³/mol. The van der Waals surface area contributed by atoms with E-state index in [4.69, 9.17) is 18.0 Å². The van der Waals surface area contributed by atoms with Gasteiger partial charge in [0.2, 0.25) is 0 Å². The van der Waals surface area contributed by atoms with Crippen molar-refractivity contribution in [1.29, 1.82) is 0 Å². The summed E-state index contributed by atoms with van der Waals surface area (Å²) in [5.41, 5.74) is 7.36. The topological polar surface area (TPSA) is 50.9 Å². The Morgan fingerprint density at radius 2 is 2.17 bits per heavy atom. The van der Waals surface area contributed by atoms with Crippen LogP contribution in [-0.2, 0) is 0 Å². The first-order valence-corrected chi connectivity index (χ1v) is 7.10. The van der Waals surface area contributed by atoms with Gasteiger partial charge in [0.1, 0.15) is 10.7 Å². The molecule has 3 N–H and O–H groups in total. The predicted octanol–water partition coefficient (Wildman–Crippen LogP) is 3.10. The molecule has 1 saturated carbocycles. The first-order chi connectivity index (χ1) is 8.68. The highest BCUT2D eigenvalue weighted by Crippen LogP contribution is 2.28. The molecule has 98 valence electrons. The third-order valence-electron chi connectivity index (χ3n) is 3.78. The number of pyridine rings is 1. The lowest BCUT2D eigenvalue weighted by Crippen LogP contribution is -2.29. The van der Waals surface area contributed by atoms with Crippen molar-refractivity contribution >= 4 is 22.9 Å². The van der Waals surface area contributed by atoms with E-state index in [1.54, 1.807) is 6.20 Å². The Kier molecular flexibility index (Phi) is 4.53. The molecule has 0 saturated heterocycles. The van der Waals surface area contributed by atoms with Crippen LogP contribution >= 0.6 is 12.2 Å². The highest BCUT2D eigenvalue weighted by Gasteiger charge is 2.20. The average Bonchev–Trinajstić information content (AvgIpc) is 2.40. The fourth-order valence-electron chi connectivity index (χ4n) is 2.72.